The first-order valence-corrected chi connectivity index (χ1v) is 9.00. The predicted octanol–water partition coefficient (Wildman–Crippen LogP) is 2.31. The molecular formula is C18H19ClN6O. The highest BCUT2D eigenvalue weighted by molar-refractivity contribution is 6.30. The molecule has 4 rings (SSSR count). The highest BCUT2D eigenvalue weighted by Crippen LogP contribution is 2.23. The van der Waals surface area contributed by atoms with Gasteiger partial charge in [-0.25, -0.2) is 0 Å². The third-order valence-corrected chi connectivity index (χ3v) is 4.86. The Morgan fingerprint density at radius 3 is 2.92 bits per heavy atom. The predicted molar refractivity (Wildman–Crippen MR) is 99.0 cm³/mol. The van der Waals surface area contributed by atoms with Gasteiger partial charge in [-0.1, -0.05) is 11.6 Å². The van der Waals surface area contributed by atoms with E-state index in [1.165, 1.54) is 0 Å². The number of carbonyl (C=O) groups excluding carboxylic acids is 1. The van der Waals surface area contributed by atoms with Crippen LogP contribution in [0.25, 0.3) is 5.65 Å². The smallest absolute Gasteiger partial charge is 0.231 e. The molecule has 1 aliphatic heterocycles. The van der Waals surface area contributed by atoms with Crippen molar-refractivity contribution in [3.05, 3.63) is 53.4 Å². The molecule has 3 aromatic rings. The van der Waals surface area contributed by atoms with Gasteiger partial charge in [0.1, 0.15) is 0 Å². The molecule has 1 saturated heterocycles. The van der Waals surface area contributed by atoms with E-state index in [-0.39, 0.29) is 11.8 Å². The molecule has 0 radical (unpaired) electrons. The Balaban J connectivity index is 1.45. The van der Waals surface area contributed by atoms with E-state index in [9.17, 15) is 4.79 Å². The van der Waals surface area contributed by atoms with Crippen molar-refractivity contribution in [3.63, 3.8) is 0 Å². The van der Waals surface area contributed by atoms with Crippen molar-refractivity contribution < 1.29 is 4.79 Å². The second-order valence-corrected chi connectivity index (χ2v) is 6.87. The van der Waals surface area contributed by atoms with Crippen molar-refractivity contribution in [2.24, 2.45) is 5.92 Å². The maximum atomic E-state index is 12.6. The van der Waals surface area contributed by atoms with Crippen LogP contribution in [-0.4, -0.2) is 38.6 Å². The molecule has 1 N–H and O–H groups in total. The molecule has 0 saturated carbocycles. The number of anilines is 1. The van der Waals surface area contributed by atoms with Crippen LogP contribution in [0.1, 0.15) is 18.4 Å². The Kier molecular flexibility index (Phi) is 4.71. The lowest BCUT2D eigenvalue weighted by molar-refractivity contribution is -0.125. The third-order valence-electron chi connectivity index (χ3n) is 4.64. The first kappa shape index (κ1) is 16.8. The first-order valence-electron chi connectivity index (χ1n) is 8.62. The topological polar surface area (TPSA) is 75.4 Å². The highest BCUT2D eigenvalue weighted by atomic mass is 35.5. The molecule has 0 unspecified atom stereocenters. The maximum Gasteiger partial charge on any atom is 0.231 e. The van der Waals surface area contributed by atoms with Crippen LogP contribution in [0.4, 0.5) is 5.95 Å². The van der Waals surface area contributed by atoms with Crippen molar-refractivity contribution in [2.75, 3.05) is 18.0 Å². The fraction of sp³-hybridized carbons (Fsp3) is 0.333. The van der Waals surface area contributed by atoms with Crippen LogP contribution in [-0.2, 0) is 11.3 Å². The minimum Gasteiger partial charge on any atom is -0.352 e. The summed E-state index contributed by atoms with van der Waals surface area (Å²) in [6.07, 6.45) is 7.06. The van der Waals surface area contributed by atoms with E-state index in [0.717, 1.165) is 36.5 Å². The number of pyridine rings is 2. The fourth-order valence-corrected chi connectivity index (χ4v) is 3.44. The molecule has 1 amide bonds. The minimum absolute atomic E-state index is 0.0679. The molecule has 1 aliphatic rings. The van der Waals surface area contributed by atoms with Gasteiger partial charge in [0.05, 0.1) is 10.9 Å². The molecule has 8 heteroatoms. The number of hydrogen-bond donors (Lipinski definition) is 1. The van der Waals surface area contributed by atoms with E-state index in [1.807, 2.05) is 22.6 Å². The van der Waals surface area contributed by atoms with Crippen LogP contribution in [0.2, 0.25) is 5.02 Å². The summed E-state index contributed by atoms with van der Waals surface area (Å²) in [6.45, 7) is 1.98. The summed E-state index contributed by atoms with van der Waals surface area (Å²) in [4.78, 5) is 18.7. The Labute approximate surface area is 156 Å². The minimum atomic E-state index is -0.0721. The average Bonchev–Trinajstić information content (AvgIpc) is 3.10. The Bertz CT molecular complexity index is 912. The Hall–Kier alpha value is -2.67. The van der Waals surface area contributed by atoms with Gasteiger partial charge in [0.15, 0.2) is 5.65 Å². The van der Waals surface area contributed by atoms with Gasteiger partial charge in [-0.3, -0.25) is 14.2 Å². The summed E-state index contributed by atoms with van der Waals surface area (Å²) < 4.78 is 1.87. The molecule has 0 bridgehead atoms. The van der Waals surface area contributed by atoms with Crippen molar-refractivity contribution >= 4 is 29.1 Å². The van der Waals surface area contributed by atoms with E-state index in [1.54, 1.807) is 24.7 Å². The summed E-state index contributed by atoms with van der Waals surface area (Å²) in [5.41, 5.74) is 1.78. The van der Waals surface area contributed by atoms with E-state index < -0.39 is 0 Å². The number of carbonyl (C=O) groups is 1. The second-order valence-electron chi connectivity index (χ2n) is 6.43. The van der Waals surface area contributed by atoms with Gasteiger partial charge >= 0.3 is 0 Å². The number of rotatable bonds is 4. The lowest BCUT2D eigenvalue weighted by Crippen LogP contribution is -2.43. The van der Waals surface area contributed by atoms with E-state index in [0.29, 0.717) is 18.1 Å². The second kappa shape index (κ2) is 7.29. The van der Waals surface area contributed by atoms with Gasteiger partial charge in [-0.2, -0.15) is 0 Å². The monoisotopic (exact) mass is 370 g/mol. The summed E-state index contributed by atoms with van der Waals surface area (Å²) in [5.74, 6) is 0.727. The van der Waals surface area contributed by atoms with Crippen LogP contribution in [0.15, 0.2) is 42.9 Å². The zero-order valence-electron chi connectivity index (χ0n) is 14.2. The summed E-state index contributed by atoms with van der Waals surface area (Å²) in [7, 11) is 0. The maximum absolute atomic E-state index is 12.6. The number of hydrogen-bond acceptors (Lipinski definition) is 5. The standard InChI is InChI=1S/C18H19ClN6O/c19-15-3-4-16-22-23-18(25(16)12-15)24-9-1-2-14(11-24)17(26)21-10-13-5-7-20-8-6-13/h3-8,12,14H,1-2,9-11H2,(H,21,26)/t14-/m0/s1. The lowest BCUT2D eigenvalue weighted by atomic mass is 9.97. The third kappa shape index (κ3) is 3.48. The number of aromatic nitrogens is 4. The summed E-state index contributed by atoms with van der Waals surface area (Å²) >= 11 is 6.10. The SMILES string of the molecule is O=C(NCc1ccncc1)[C@H]1CCCN(c2nnc3ccc(Cl)cn23)C1. The van der Waals surface area contributed by atoms with Crippen LogP contribution in [0, 0.1) is 5.92 Å². The fourth-order valence-electron chi connectivity index (χ4n) is 3.28. The molecule has 4 heterocycles. The molecule has 1 atom stereocenters. The first-order chi connectivity index (χ1) is 12.7. The van der Waals surface area contributed by atoms with E-state index >= 15 is 0 Å². The molecule has 134 valence electrons. The van der Waals surface area contributed by atoms with Crippen LogP contribution in [0.5, 0.6) is 0 Å². The van der Waals surface area contributed by atoms with Gasteiger partial charge in [-0.15, -0.1) is 10.2 Å². The van der Waals surface area contributed by atoms with Gasteiger partial charge in [0.2, 0.25) is 11.9 Å². The van der Waals surface area contributed by atoms with Gasteiger partial charge in [-0.05, 0) is 42.7 Å². The number of nitrogens with one attached hydrogen (secondary N) is 1. The molecule has 26 heavy (non-hydrogen) atoms. The molecule has 0 spiro atoms. The zero-order chi connectivity index (χ0) is 17.9. The van der Waals surface area contributed by atoms with E-state index in [4.69, 9.17) is 11.6 Å². The molecule has 1 fully saturated rings. The quantitative estimate of drug-likeness (QED) is 0.762. The number of amides is 1. The normalized spacial score (nSPS) is 17.4. The average molecular weight is 371 g/mol. The highest BCUT2D eigenvalue weighted by Gasteiger charge is 2.28. The Morgan fingerprint density at radius 2 is 2.08 bits per heavy atom. The molecule has 0 aliphatic carbocycles. The number of piperidine rings is 1. The molecular weight excluding hydrogens is 352 g/mol. The zero-order valence-corrected chi connectivity index (χ0v) is 14.9. The summed E-state index contributed by atoms with van der Waals surface area (Å²) in [6, 6.07) is 7.43. The van der Waals surface area contributed by atoms with Crippen molar-refractivity contribution in [3.8, 4) is 0 Å². The van der Waals surface area contributed by atoms with Crippen molar-refractivity contribution in [1.82, 2.24) is 24.9 Å². The summed E-state index contributed by atoms with van der Waals surface area (Å²) in [5, 5.41) is 12.1. The van der Waals surface area contributed by atoms with Gasteiger partial charge < -0.3 is 10.2 Å². The number of halogens is 1. The van der Waals surface area contributed by atoms with Crippen LogP contribution >= 0.6 is 11.6 Å². The van der Waals surface area contributed by atoms with Crippen LogP contribution in [0.3, 0.4) is 0 Å². The van der Waals surface area contributed by atoms with Crippen LogP contribution < -0.4 is 10.2 Å². The largest absolute Gasteiger partial charge is 0.352 e. The molecule has 7 nitrogen and oxygen atoms in total. The van der Waals surface area contributed by atoms with Crippen molar-refractivity contribution in [2.45, 2.75) is 19.4 Å². The molecule has 3 aromatic heterocycles. The Morgan fingerprint density at radius 1 is 1.23 bits per heavy atom. The van der Waals surface area contributed by atoms with E-state index in [2.05, 4.69) is 25.4 Å². The van der Waals surface area contributed by atoms with Gasteiger partial charge in [0.25, 0.3) is 0 Å². The molecule has 0 aromatic carbocycles. The van der Waals surface area contributed by atoms with Crippen molar-refractivity contribution in [1.29, 1.82) is 0 Å². The number of nitrogens with zero attached hydrogens (tertiary/aromatic N) is 5. The number of fused-ring (bicyclic) bond motifs is 1. The lowest BCUT2D eigenvalue weighted by Gasteiger charge is -2.32. The van der Waals surface area contributed by atoms with Gasteiger partial charge in [0, 0.05) is 38.2 Å².